The number of fused-ring (bicyclic) bond motifs is 5. The second-order valence-electron chi connectivity index (χ2n) is 17.9. The van der Waals surface area contributed by atoms with Crippen LogP contribution in [0.2, 0.25) is 0 Å². The molecule has 4 fully saturated rings. The highest BCUT2D eigenvalue weighted by molar-refractivity contribution is 7.48. The van der Waals surface area contributed by atoms with Gasteiger partial charge in [-0.1, -0.05) is 75.5 Å². The summed E-state index contributed by atoms with van der Waals surface area (Å²) in [5.41, 5.74) is 10.4. The highest BCUT2D eigenvalue weighted by atomic mass is 31.2. The number of hydrogen-bond donors (Lipinski definition) is 1. The van der Waals surface area contributed by atoms with Crippen molar-refractivity contribution in [1.82, 2.24) is 9.55 Å². The lowest BCUT2D eigenvalue weighted by Gasteiger charge is -2.58. The van der Waals surface area contributed by atoms with Gasteiger partial charge in [-0.3, -0.25) is 27.9 Å². The zero-order chi connectivity index (χ0) is 38.8. The normalized spacial score (nSPS) is 36.2. The number of ether oxygens (including phenoxy) is 1. The van der Waals surface area contributed by atoms with Gasteiger partial charge in [0.2, 0.25) is 0 Å². The molecule has 1 aliphatic heterocycles. The molecule has 6 rings (SSSR count). The van der Waals surface area contributed by atoms with Crippen molar-refractivity contribution in [3.8, 4) is 6.57 Å². The molecule has 12 atom stereocenters. The molecule has 0 radical (unpaired) electrons. The lowest BCUT2D eigenvalue weighted by atomic mass is 9.47. The molecule has 54 heavy (non-hydrogen) atoms. The maximum atomic E-state index is 14.3. The number of aromatic nitrogens is 2. The van der Waals surface area contributed by atoms with E-state index in [-0.39, 0.29) is 37.7 Å². The summed E-state index contributed by atoms with van der Waals surface area (Å²) in [5, 5.41) is 3.86. The SMILES string of the molecule is C#[N+]CCOP(=O)(OCC1OC(n2cc(C)c(=O)[nH]c2=O)CC1N=[N+]=[N-])OC1CCC2(C)C(=CCC3C2CCC2(C)C(C(C)CCCC(C)C)CCC32)C1. The van der Waals surface area contributed by atoms with Crippen LogP contribution in [-0.2, 0) is 22.9 Å². The van der Waals surface area contributed by atoms with Gasteiger partial charge in [0, 0.05) is 23.1 Å². The van der Waals surface area contributed by atoms with E-state index in [1.807, 2.05) is 0 Å². The van der Waals surface area contributed by atoms with Crippen LogP contribution in [0.4, 0.5) is 0 Å². The van der Waals surface area contributed by atoms with Crippen LogP contribution >= 0.6 is 7.82 Å². The van der Waals surface area contributed by atoms with E-state index >= 15 is 0 Å². The second-order valence-corrected chi connectivity index (χ2v) is 19.5. The van der Waals surface area contributed by atoms with Gasteiger partial charge in [-0.25, -0.2) is 9.36 Å². The third-order valence-electron chi connectivity index (χ3n) is 14.3. The Labute approximate surface area is 320 Å². The first-order valence-electron chi connectivity index (χ1n) is 20.4. The summed E-state index contributed by atoms with van der Waals surface area (Å²) < 4.78 is 39.5. The van der Waals surface area contributed by atoms with Crippen LogP contribution in [0.3, 0.4) is 0 Å². The fourth-order valence-electron chi connectivity index (χ4n) is 11.4. The monoisotopic (exact) mass is 769 g/mol. The van der Waals surface area contributed by atoms with Gasteiger partial charge in [-0.05, 0) is 110 Å². The molecule has 1 N–H and O–H groups in total. The largest absolute Gasteiger partial charge is 0.475 e. The van der Waals surface area contributed by atoms with Gasteiger partial charge in [-0.2, -0.15) is 0 Å². The summed E-state index contributed by atoms with van der Waals surface area (Å²) in [4.78, 5) is 33.3. The highest BCUT2D eigenvalue weighted by Crippen LogP contribution is 2.68. The molecular formula is C40H62N6O7P+. The Kier molecular flexibility index (Phi) is 12.7. The van der Waals surface area contributed by atoms with Crippen molar-refractivity contribution < 1.29 is 22.9 Å². The summed E-state index contributed by atoms with van der Waals surface area (Å²) >= 11 is 0. The third kappa shape index (κ3) is 8.36. The van der Waals surface area contributed by atoms with Crippen LogP contribution in [0.15, 0.2) is 32.5 Å². The number of hydrogen-bond acceptors (Lipinski definition) is 8. The number of aromatic amines is 1. The molecular weight excluding hydrogens is 707 g/mol. The summed E-state index contributed by atoms with van der Waals surface area (Å²) in [6, 6.07) is -0.733. The van der Waals surface area contributed by atoms with Gasteiger partial charge in [0.25, 0.3) is 18.7 Å². The fraction of sp³-hybridized carbons (Fsp3) is 0.825. The minimum absolute atomic E-state index is 0.0673. The molecule has 1 aromatic heterocycles. The van der Waals surface area contributed by atoms with E-state index in [4.69, 9.17) is 24.9 Å². The summed E-state index contributed by atoms with van der Waals surface area (Å²) in [6.45, 7) is 19.0. The van der Waals surface area contributed by atoms with Gasteiger partial charge in [0.05, 0.1) is 24.9 Å². The van der Waals surface area contributed by atoms with Gasteiger partial charge < -0.3 is 4.74 Å². The number of nitrogens with one attached hydrogen (secondary N) is 1. The molecule has 3 saturated carbocycles. The highest BCUT2D eigenvalue weighted by Gasteiger charge is 2.59. The summed E-state index contributed by atoms with van der Waals surface area (Å²) in [6.07, 6.45) is 14.7. The Hall–Kier alpha value is -2.71. The summed E-state index contributed by atoms with van der Waals surface area (Å²) in [5.74, 6) is 4.48. The Morgan fingerprint density at radius 3 is 2.67 bits per heavy atom. The number of aryl methyl sites for hydroxylation is 1. The Bertz CT molecular complexity index is 1800. The molecule has 0 bridgehead atoms. The molecule has 5 aliphatic rings. The standard InChI is InChI=1S/C40H61N6O7P/c1-25(2)9-8-10-26(3)31-13-14-32-30-12-11-28-21-29(15-17-39(28,5)33(30)16-18-40(31,32)6)53-54(49,50-20-19-42-7)51-24-35-34(44-45-41)22-36(52-35)46-23-27(4)37(47)43-38(46)48/h7,11,23,25-26,29-36H,8-10,12-22,24H2,1-6H3/p+1. The van der Waals surface area contributed by atoms with E-state index in [0.717, 1.165) is 42.9 Å². The van der Waals surface area contributed by atoms with Crippen molar-refractivity contribution in [2.24, 2.45) is 51.5 Å². The molecule has 12 unspecified atom stereocenters. The van der Waals surface area contributed by atoms with Gasteiger partial charge in [-0.15, -0.1) is 0 Å². The Balaban J connectivity index is 1.12. The predicted octanol–water partition coefficient (Wildman–Crippen LogP) is 9.34. The molecule has 0 spiro atoms. The van der Waals surface area contributed by atoms with Crippen molar-refractivity contribution in [2.75, 3.05) is 19.8 Å². The Morgan fingerprint density at radius 2 is 1.93 bits per heavy atom. The minimum atomic E-state index is -4.16. The summed E-state index contributed by atoms with van der Waals surface area (Å²) in [7, 11) is -4.16. The first-order valence-corrected chi connectivity index (χ1v) is 21.8. The van der Waals surface area contributed by atoms with Gasteiger partial charge in [0.15, 0.2) is 0 Å². The topological polar surface area (TPSA) is 162 Å². The molecule has 13 nitrogen and oxygen atoms in total. The van der Waals surface area contributed by atoms with Crippen LogP contribution in [0.5, 0.6) is 0 Å². The number of phosphoric acid groups is 1. The predicted molar refractivity (Wildman–Crippen MR) is 208 cm³/mol. The van der Waals surface area contributed by atoms with E-state index in [0.29, 0.717) is 29.2 Å². The third-order valence-corrected chi connectivity index (χ3v) is 15.8. The second kappa shape index (κ2) is 16.8. The van der Waals surface area contributed by atoms with E-state index < -0.39 is 37.4 Å². The van der Waals surface area contributed by atoms with E-state index in [9.17, 15) is 19.7 Å². The van der Waals surface area contributed by atoms with Crippen molar-refractivity contribution in [3.63, 3.8) is 0 Å². The number of azide groups is 1. The number of H-pyrrole nitrogens is 1. The smallest absolute Gasteiger partial charge is 0.352 e. The lowest BCUT2D eigenvalue weighted by molar-refractivity contribution is -0.0594. The average molecular weight is 770 g/mol. The lowest BCUT2D eigenvalue weighted by Crippen LogP contribution is -2.51. The zero-order valence-electron chi connectivity index (χ0n) is 33.2. The molecule has 298 valence electrons. The van der Waals surface area contributed by atoms with Gasteiger partial charge in [0.1, 0.15) is 12.8 Å². The van der Waals surface area contributed by atoms with E-state index in [1.165, 1.54) is 61.3 Å². The van der Waals surface area contributed by atoms with Crippen molar-refractivity contribution in [3.05, 3.63) is 59.5 Å². The van der Waals surface area contributed by atoms with Crippen LogP contribution in [0.1, 0.15) is 123 Å². The van der Waals surface area contributed by atoms with Crippen molar-refractivity contribution in [1.29, 1.82) is 0 Å². The molecule has 14 heteroatoms. The maximum Gasteiger partial charge on any atom is 0.475 e. The molecule has 4 aliphatic carbocycles. The first-order chi connectivity index (χ1) is 25.7. The fourth-order valence-corrected chi connectivity index (χ4v) is 12.8. The van der Waals surface area contributed by atoms with Crippen LogP contribution in [0, 0.1) is 59.8 Å². The number of phosphoric ester groups is 1. The molecule has 0 amide bonds. The van der Waals surface area contributed by atoms with Crippen LogP contribution in [0.25, 0.3) is 15.3 Å². The number of nitrogens with zero attached hydrogens (tertiary/aromatic N) is 5. The van der Waals surface area contributed by atoms with Crippen molar-refractivity contribution >= 4 is 7.82 Å². The van der Waals surface area contributed by atoms with Crippen molar-refractivity contribution in [2.45, 2.75) is 143 Å². The number of rotatable bonds is 15. The average Bonchev–Trinajstić information content (AvgIpc) is 3.69. The molecule has 2 heterocycles. The maximum absolute atomic E-state index is 14.3. The van der Waals surface area contributed by atoms with Crippen LogP contribution < -0.4 is 11.2 Å². The first kappa shape index (κ1) is 40.9. The Morgan fingerprint density at radius 1 is 1.13 bits per heavy atom. The number of allylic oxidation sites excluding steroid dienone is 1. The zero-order valence-corrected chi connectivity index (χ0v) is 34.0. The van der Waals surface area contributed by atoms with Crippen LogP contribution in [-0.4, -0.2) is 47.6 Å². The quantitative estimate of drug-likeness (QED) is 0.0464. The van der Waals surface area contributed by atoms with E-state index in [2.05, 4.69) is 60.5 Å². The molecule has 1 aromatic rings. The molecule has 1 saturated heterocycles. The van der Waals surface area contributed by atoms with E-state index in [1.54, 1.807) is 6.92 Å². The molecule has 0 aromatic carbocycles. The van der Waals surface area contributed by atoms with Gasteiger partial charge >= 0.3 is 13.5 Å². The minimum Gasteiger partial charge on any atom is -0.352 e.